The molecule has 4 rings (SSSR count). The van der Waals surface area contributed by atoms with Crippen molar-refractivity contribution in [3.63, 3.8) is 0 Å². The van der Waals surface area contributed by atoms with Crippen LogP contribution in [0.5, 0.6) is 0 Å². The fourth-order valence-corrected chi connectivity index (χ4v) is 7.00. The van der Waals surface area contributed by atoms with Crippen molar-refractivity contribution >= 4 is 27.9 Å². The van der Waals surface area contributed by atoms with Crippen LogP contribution in [0.25, 0.3) is 0 Å². The second-order valence-corrected chi connectivity index (χ2v) is 9.47. The fraction of sp³-hybridized carbons (Fsp3) is 0.882. The zero-order valence-electron chi connectivity index (χ0n) is 13.8. The first-order valence-electron chi connectivity index (χ1n) is 8.78. The number of carbonyl (C=O) groups is 2. The maximum Gasteiger partial charge on any atom is 0.407 e. The number of amides is 2. The topological polar surface area (TPSA) is 67.4 Å². The minimum Gasteiger partial charge on any atom is -0.450 e. The Labute approximate surface area is 146 Å². The van der Waals surface area contributed by atoms with Crippen LogP contribution in [-0.4, -0.2) is 36.0 Å². The van der Waals surface area contributed by atoms with Gasteiger partial charge in [-0.05, 0) is 62.7 Å². The molecule has 0 spiro atoms. The molecule has 0 aliphatic heterocycles. The van der Waals surface area contributed by atoms with Crippen LogP contribution in [0, 0.1) is 17.3 Å². The van der Waals surface area contributed by atoms with Crippen LogP contribution in [0.2, 0.25) is 0 Å². The molecule has 6 heteroatoms. The zero-order valence-corrected chi connectivity index (χ0v) is 15.4. The molecule has 4 saturated carbocycles. The van der Waals surface area contributed by atoms with Gasteiger partial charge in [-0.2, -0.15) is 0 Å². The van der Waals surface area contributed by atoms with E-state index in [1.807, 2.05) is 0 Å². The third-order valence-corrected chi connectivity index (χ3v) is 6.57. The summed E-state index contributed by atoms with van der Waals surface area (Å²) < 4.78 is 5.08. The highest BCUT2D eigenvalue weighted by molar-refractivity contribution is 9.10. The van der Waals surface area contributed by atoms with Crippen molar-refractivity contribution in [3.05, 3.63) is 0 Å². The molecule has 0 aromatic carbocycles. The molecule has 23 heavy (non-hydrogen) atoms. The Hall–Kier alpha value is -0.780. The summed E-state index contributed by atoms with van der Waals surface area (Å²) in [5.41, 5.74) is 0.201. The highest BCUT2D eigenvalue weighted by Gasteiger charge is 2.57. The minimum absolute atomic E-state index is 0.119. The van der Waals surface area contributed by atoms with E-state index in [1.165, 1.54) is 32.1 Å². The second kappa shape index (κ2) is 6.61. The van der Waals surface area contributed by atoms with Crippen molar-refractivity contribution in [2.45, 2.75) is 56.2 Å². The molecule has 0 aromatic rings. The maximum atomic E-state index is 12.3. The molecular formula is C17H27BrN2O3. The number of carbonyl (C=O) groups excluding carboxylic acids is 2. The van der Waals surface area contributed by atoms with Crippen molar-refractivity contribution < 1.29 is 14.3 Å². The third-order valence-electron chi connectivity index (χ3n) is 5.64. The monoisotopic (exact) mass is 386 g/mol. The Morgan fingerprint density at radius 2 is 1.78 bits per heavy atom. The van der Waals surface area contributed by atoms with Crippen molar-refractivity contribution in [1.82, 2.24) is 10.6 Å². The Morgan fingerprint density at radius 1 is 1.13 bits per heavy atom. The van der Waals surface area contributed by atoms with Crippen LogP contribution in [-0.2, 0) is 9.53 Å². The number of nitrogens with one attached hydrogen (secondary N) is 2. The van der Waals surface area contributed by atoms with E-state index in [2.05, 4.69) is 26.6 Å². The van der Waals surface area contributed by atoms with Gasteiger partial charge in [0.25, 0.3) is 0 Å². The Bertz CT molecular complexity index is 468. The minimum atomic E-state index is -0.427. The van der Waals surface area contributed by atoms with Gasteiger partial charge in [0.1, 0.15) is 0 Å². The van der Waals surface area contributed by atoms with Crippen molar-refractivity contribution in [2.24, 2.45) is 17.3 Å². The molecule has 2 amide bonds. The van der Waals surface area contributed by atoms with Gasteiger partial charge in [-0.1, -0.05) is 15.9 Å². The van der Waals surface area contributed by atoms with E-state index in [0.717, 1.165) is 18.3 Å². The number of hydrogen-bond donors (Lipinski definition) is 2. The summed E-state index contributed by atoms with van der Waals surface area (Å²) in [4.78, 5) is 23.5. The van der Waals surface area contributed by atoms with Crippen molar-refractivity contribution in [3.8, 4) is 0 Å². The van der Waals surface area contributed by atoms with E-state index in [0.29, 0.717) is 30.4 Å². The molecule has 130 valence electrons. The summed E-state index contributed by atoms with van der Waals surface area (Å²) in [6, 6.07) is 0. The van der Waals surface area contributed by atoms with Gasteiger partial charge in [-0.3, -0.25) is 4.79 Å². The van der Waals surface area contributed by atoms with Gasteiger partial charge in [-0.15, -0.1) is 0 Å². The van der Waals surface area contributed by atoms with Gasteiger partial charge in [0.2, 0.25) is 5.91 Å². The largest absolute Gasteiger partial charge is 0.450 e. The Balaban J connectivity index is 1.44. The molecule has 4 aliphatic rings. The molecule has 0 radical (unpaired) electrons. The first-order chi connectivity index (χ1) is 10.9. The zero-order chi connectivity index (χ0) is 16.5. The van der Waals surface area contributed by atoms with Gasteiger partial charge >= 0.3 is 6.09 Å². The molecule has 0 heterocycles. The van der Waals surface area contributed by atoms with Crippen LogP contribution >= 0.6 is 15.9 Å². The first-order valence-corrected chi connectivity index (χ1v) is 9.58. The average molecular weight is 387 g/mol. The Morgan fingerprint density at radius 3 is 2.39 bits per heavy atom. The molecule has 0 saturated heterocycles. The van der Waals surface area contributed by atoms with Crippen molar-refractivity contribution in [2.75, 3.05) is 19.7 Å². The lowest BCUT2D eigenvalue weighted by molar-refractivity contribution is -0.128. The molecule has 2 atom stereocenters. The van der Waals surface area contributed by atoms with Gasteiger partial charge in [0.15, 0.2) is 0 Å². The van der Waals surface area contributed by atoms with Gasteiger partial charge in [0, 0.05) is 23.8 Å². The van der Waals surface area contributed by atoms with E-state index in [4.69, 9.17) is 4.74 Å². The highest BCUT2D eigenvalue weighted by Crippen LogP contribution is 2.65. The van der Waals surface area contributed by atoms with Crippen LogP contribution in [0.15, 0.2) is 0 Å². The van der Waals surface area contributed by atoms with E-state index >= 15 is 0 Å². The summed E-state index contributed by atoms with van der Waals surface area (Å²) in [5.74, 6) is 1.72. The van der Waals surface area contributed by atoms with Crippen LogP contribution in [0.4, 0.5) is 4.79 Å². The number of halogens is 1. The quantitative estimate of drug-likeness (QED) is 0.544. The van der Waals surface area contributed by atoms with E-state index < -0.39 is 6.09 Å². The molecular weight excluding hydrogens is 360 g/mol. The molecule has 4 bridgehead atoms. The first kappa shape index (κ1) is 17.1. The number of alkyl halides is 1. The van der Waals surface area contributed by atoms with Crippen LogP contribution in [0.1, 0.15) is 51.9 Å². The van der Waals surface area contributed by atoms with Gasteiger partial charge in [0.05, 0.1) is 6.61 Å². The second-order valence-electron chi connectivity index (χ2n) is 7.79. The normalized spacial score (nSPS) is 37.5. The predicted molar refractivity (Wildman–Crippen MR) is 91.4 cm³/mol. The number of hydrogen-bond acceptors (Lipinski definition) is 3. The summed E-state index contributed by atoms with van der Waals surface area (Å²) in [6.07, 6.45) is 7.71. The molecule has 2 unspecified atom stereocenters. The maximum absolute atomic E-state index is 12.3. The lowest BCUT2D eigenvalue weighted by Crippen LogP contribution is -2.54. The SMILES string of the molecule is CCOC(=O)NCCNC(=O)CC12CC3CC(CC(Br)(C3)C1)C2. The number of alkyl carbamates (subject to hydrolysis) is 1. The molecule has 2 N–H and O–H groups in total. The average Bonchev–Trinajstić information content (AvgIpc) is 2.40. The number of rotatable bonds is 6. The summed E-state index contributed by atoms with van der Waals surface area (Å²) in [6.45, 7) is 2.99. The van der Waals surface area contributed by atoms with Crippen LogP contribution in [0.3, 0.4) is 0 Å². The number of ether oxygens (including phenoxy) is 1. The van der Waals surface area contributed by atoms with E-state index in [9.17, 15) is 9.59 Å². The smallest absolute Gasteiger partial charge is 0.407 e. The molecule has 4 aliphatic carbocycles. The predicted octanol–water partition coefficient (Wildman–Crippen LogP) is 2.97. The van der Waals surface area contributed by atoms with E-state index in [-0.39, 0.29) is 11.3 Å². The standard InChI is InChI=1S/C17H27BrN2O3/c1-2-23-15(22)20-4-3-19-14(21)10-16-6-12-5-13(7-16)9-17(18,8-12)11-16/h12-13H,2-11H2,1H3,(H,19,21)(H,20,22). The summed E-state index contributed by atoms with van der Waals surface area (Å²) in [5, 5.41) is 5.56. The molecule has 4 fully saturated rings. The Kier molecular flexibility index (Phi) is 4.90. The van der Waals surface area contributed by atoms with Gasteiger partial charge < -0.3 is 15.4 Å². The summed E-state index contributed by atoms with van der Waals surface area (Å²) >= 11 is 3.98. The van der Waals surface area contributed by atoms with Gasteiger partial charge in [-0.25, -0.2) is 4.79 Å². The van der Waals surface area contributed by atoms with E-state index in [1.54, 1.807) is 6.92 Å². The lowest BCUT2D eigenvalue weighted by atomic mass is 9.48. The fourth-order valence-electron chi connectivity index (χ4n) is 5.49. The third kappa shape index (κ3) is 4.01. The highest BCUT2D eigenvalue weighted by atomic mass is 79.9. The van der Waals surface area contributed by atoms with Crippen molar-refractivity contribution in [1.29, 1.82) is 0 Å². The summed E-state index contributed by atoms with van der Waals surface area (Å²) in [7, 11) is 0. The van der Waals surface area contributed by atoms with Crippen LogP contribution < -0.4 is 10.6 Å². The molecule has 0 aromatic heterocycles. The molecule has 5 nitrogen and oxygen atoms in total. The lowest BCUT2D eigenvalue weighted by Gasteiger charge is -2.60.